The molecule has 1 aliphatic heterocycles. The summed E-state index contributed by atoms with van der Waals surface area (Å²) in [4.78, 5) is 13.9. The zero-order valence-electron chi connectivity index (χ0n) is 16.7. The fourth-order valence-electron chi connectivity index (χ4n) is 3.25. The number of hydrogen-bond acceptors (Lipinski definition) is 5. The molecule has 152 valence electrons. The fraction of sp³-hybridized carbons (Fsp3) is 0.261. The molecule has 0 atom stereocenters. The van der Waals surface area contributed by atoms with Crippen molar-refractivity contribution in [3.05, 3.63) is 86.1 Å². The molecule has 2 N–H and O–H groups in total. The van der Waals surface area contributed by atoms with Crippen molar-refractivity contribution in [2.24, 2.45) is 0 Å². The third kappa shape index (κ3) is 4.23. The Morgan fingerprint density at radius 3 is 2.41 bits per heavy atom. The molecule has 0 bridgehead atoms. The number of nitrogen functional groups attached to an aromatic ring is 1. The first-order valence-electron chi connectivity index (χ1n) is 9.55. The van der Waals surface area contributed by atoms with Crippen molar-refractivity contribution in [2.75, 3.05) is 18.9 Å². The molecule has 0 amide bonds. The third-order valence-corrected chi connectivity index (χ3v) is 5.86. The Balaban J connectivity index is 0.00000117. The van der Waals surface area contributed by atoms with Crippen molar-refractivity contribution in [1.29, 1.82) is 0 Å². The summed E-state index contributed by atoms with van der Waals surface area (Å²) < 4.78 is 12.7. The predicted octanol–water partition coefficient (Wildman–Crippen LogP) is 5.80. The molecule has 4 nitrogen and oxygen atoms in total. The Labute approximate surface area is 180 Å². The highest BCUT2D eigenvalue weighted by atomic mass is 35.5. The molecule has 0 spiro atoms. The predicted molar refractivity (Wildman–Crippen MR) is 119 cm³/mol. The Morgan fingerprint density at radius 1 is 1.07 bits per heavy atom. The maximum absolute atomic E-state index is 13.1. The summed E-state index contributed by atoms with van der Waals surface area (Å²) in [5, 5.41) is 0. The number of aryl methyl sites for hydroxylation is 1. The van der Waals surface area contributed by atoms with Crippen molar-refractivity contribution in [3.63, 3.8) is 0 Å². The summed E-state index contributed by atoms with van der Waals surface area (Å²) in [6.45, 7) is 6.87. The van der Waals surface area contributed by atoms with Gasteiger partial charge in [-0.05, 0) is 37.3 Å². The highest BCUT2D eigenvalue weighted by Gasteiger charge is 2.42. The highest BCUT2D eigenvalue weighted by Crippen LogP contribution is 2.43. The summed E-state index contributed by atoms with van der Waals surface area (Å²) >= 11 is 7.52. The van der Waals surface area contributed by atoms with E-state index in [1.54, 1.807) is 18.2 Å². The van der Waals surface area contributed by atoms with Crippen molar-refractivity contribution in [2.45, 2.75) is 26.6 Å². The Hall–Kier alpha value is -2.18. The second-order valence-corrected chi connectivity index (χ2v) is 8.13. The summed E-state index contributed by atoms with van der Waals surface area (Å²) in [7, 11) is 0. The molecular formula is C23H24ClNO3S. The van der Waals surface area contributed by atoms with E-state index in [9.17, 15) is 4.79 Å². The van der Waals surface area contributed by atoms with Gasteiger partial charge in [-0.15, -0.1) is 11.3 Å². The minimum Gasteiger partial charge on any atom is -0.398 e. The second-order valence-electron chi connectivity index (χ2n) is 6.42. The number of carbonyl (C=O) groups excluding carboxylic acids is 1. The van der Waals surface area contributed by atoms with Gasteiger partial charge in [0.25, 0.3) is 0 Å². The lowest BCUT2D eigenvalue weighted by Crippen LogP contribution is -2.28. The van der Waals surface area contributed by atoms with E-state index in [-0.39, 0.29) is 5.78 Å². The molecule has 0 unspecified atom stereocenters. The molecule has 0 radical (unpaired) electrons. The number of nitrogens with two attached hydrogens (primary N) is 1. The van der Waals surface area contributed by atoms with Crippen molar-refractivity contribution in [3.8, 4) is 0 Å². The van der Waals surface area contributed by atoms with Crippen LogP contribution >= 0.6 is 22.9 Å². The molecule has 1 aliphatic rings. The van der Waals surface area contributed by atoms with Gasteiger partial charge in [-0.1, -0.05) is 55.3 Å². The van der Waals surface area contributed by atoms with Crippen LogP contribution in [-0.2, 0) is 15.3 Å². The van der Waals surface area contributed by atoms with E-state index < -0.39 is 5.79 Å². The molecule has 2 aromatic carbocycles. The standard InChI is InChI=1S/C21H18ClNO3S.C2H6/c1-13-3-2-4-14(11-13)20(24)16-12-15(5-6-17(16)23)21(25-9-10-26-21)18-7-8-19(22)27-18;1-2/h2-8,11-12H,9-10,23H2,1H3;1-2H3. The lowest BCUT2D eigenvalue weighted by Gasteiger charge is -2.27. The maximum Gasteiger partial charge on any atom is 0.232 e. The Kier molecular flexibility index (Phi) is 6.75. The van der Waals surface area contributed by atoms with E-state index in [4.69, 9.17) is 26.8 Å². The van der Waals surface area contributed by atoms with E-state index in [2.05, 4.69) is 0 Å². The lowest BCUT2D eigenvalue weighted by atomic mass is 9.95. The first-order valence-corrected chi connectivity index (χ1v) is 10.7. The minimum absolute atomic E-state index is 0.129. The van der Waals surface area contributed by atoms with E-state index in [0.29, 0.717) is 34.4 Å². The van der Waals surface area contributed by atoms with E-state index in [1.807, 2.05) is 57.2 Å². The van der Waals surface area contributed by atoms with Crippen LogP contribution in [0.4, 0.5) is 5.69 Å². The zero-order valence-corrected chi connectivity index (χ0v) is 18.3. The Morgan fingerprint density at radius 2 is 1.79 bits per heavy atom. The van der Waals surface area contributed by atoms with Gasteiger partial charge >= 0.3 is 0 Å². The number of anilines is 1. The van der Waals surface area contributed by atoms with Crippen molar-refractivity contribution >= 4 is 34.4 Å². The summed E-state index contributed by atoms with van der Waals surface area (Å²) in [6, 6.07) is 16.5. The highest BCUT2D eigenvalue weighted by molar-refractivity contribution is 7.16. The van der Waals surface area contributed by atoms with Gasteiger partial charge in [-0.2, -0.15) is 0 Å². The quantitative estimate of drug-likeness (QED) is 0.420. The van der Waals surface area contributed by atoms with Gasteiger partial charge in [-0.3, -0.25) is 4.79 Å². The average Bonchev–Trinajstić information content (AvgIpc) is 3.39. The third-order valence-electron chi connectivity index (χ3n) is 4.55. The van der Waals surface area contributed by atoms with E-state index in [1.165, 1.54) is 11.3 Å². The molecule has 1 aromatic heterocycles. The Bertz CT molecular complexity index is 1010. The summed E-state index contributed by atoms with van der Waals surface area (Å²) in [5.74, 6) is -1.19. The van der Waals surface area contributed by atoms with E-state index in [0.717, 1.165) is 16.0 Å². The number of benzene rings is 2. The molecule has 0 saturated carbocycles. The first kappa shape index (κ1) is 21.5. The van der Waals surface area contributed by atoms with E-state index >= 15 is 0 Å². The van der Waals surface area contributed by atoms with Gasteiger partial charge < -0.3 is 15.2 Å². The maximum atomic E-state index is 13.1. The molecule has 2 heterocycles. The number of halogens is 1. The first-order chi connectivity index (χ1) is 14.0. The smallest absolute Gasteiger partial charge is 0.232 e. The molecule has 4 rings (SSSR count). The number of hydrogen-bond donors (Lipinski definition) is 1. The van der Waals surface area contributed by atoms with Crippen LogP contribution in [0.1, 0.15) is 45.8 Å². The van der Waals surface area contributed by atoms with Gasteiger partial charge in [0, 0.05) is 22.4 Å². The molecular weight excluding hydrogens is 406 g/mol. The van der Waals surface area contributed by atoms with Crippen LogP contribution in [-0.4, -0.2) is 19.0 Å². The van der Waals surface area contributed by atoms with Gasteiger partial charge in [-0.25, -0.2) is 0 Å². The van der Waals surface area contributed by atoms with Crippen LogP contribution < -0.4 is 5.73 Å². The van der Waals surface area contributed by atoms with Crippen molar-refractivity contribution in [1.82, 2.24) is 0 Å². The normalized spacial score (nSPS) is 14.9. The number of rotatable bonds is 4. The van der Waals surface area contributed by atoms with Gasteiger partial charge in [0.15, 0.2) is 5.78 Å². The molecule has 0 aliphatic carbocycles. The van der Waals surface area contributed by atoms with Crippen LogP contribution in [0, 0.1) is 6.92 Å². The van der Waals surface area contributed by atoms with Gasteiger partial charge in [0.05, 0.1) is 22.4 Å². The number of ether oxygens (including phenoxy) is 2. The van der Waals surface area contributed by atoms with Crippen LogP contribution in [0.25, 0.3) is 0 Å². The fourth-order valence-corrected chi connectivity index (χ4v) is 4.42. The number of thiophene rings is 1. The van der Waals surface area contributed by atoms with Crippen LogP contribution in [0.15, 0.2) is 54.6 Å². The van der Waals surface area contributed by atoms with Gasteiger partial charge in [0.1, 0.15) is 0 Å². The minimum atomic E-state index is -1.06. The monoisotopic (exact) mass is 429 g/mol. The molecule has 1 saturated heterocycles. The largest absolute Gasteiger partial charge is 0.398 e. The summed E-state index contributed by atoms with van der Waals surface area (Å²) in [6.07, 6.45) is 0. The lowest BCUT2D eigenvalue weighted by molar-refractivity contribution is -0.127. The zero-order chi connectivity index (χ0) is 21.0. The van der Waals surface area contributed by atoms with Crippen LogP contribution in [0.5, 0.6) is 0 Å². The van der Waals surface area contributed by atoms with Crippen LogP contribution in [0.3, 0.4) is 0 Å². The molecule has 1 fully saturated rings. The second kappa shape index (κ2) is 9.09. The SMILES string of the molecule is CC.Cc1cccc(C(=O)c2cc(C3(c4ccc(Cl)s4)OCCO3)ccc2N)c1. The van der Waals surface area contributed by atoms with Crippen molar-refractivity contribution < 1.29 is 14.3 Å². The molecule has 3 aromatic rings. The van der Waals surface area contributed by atoms with Gasteiger partial charge in [0.2, 0.25) is 5.79 Å². The molecule has 6 heteroatoms. The van der Waals surface area contributed by atoms with Crippen LogP contribution in [0.2, 0.25) is 4.34 Å². The topological polar surface area (TPSA) is 61.5 Å². The number of ketones is 1. The summed E-state index contributed by atoms with van der Waals surface area (Å²) in [5.41, 5.74) is 9.32. The number of carbonyl (C=O) groups is 1. The molecule has 29 heavy (non-hydrogen) atoms. The average molecular weight is 430 g/mol.